The molecule has 1 amide bonds. The molecular formula is C32H38N4O3. The lowest BCUT2D eigenvalue weighted by Gasteiger charge is -2.42. The number of nitriles is 1. The first-order chi connectivity index (χ1) is 18.9. The Labute approximate surface area is 230 Å². The number of benzene rings is 2. The molecule has 5 rings (SSSR count). The molecule has 204 valence electrons. The van der Waals surface area contributed by atoms with Gasteiger partial charge in [-0.1, -0.05) is 43.3 Å². The second-order valence-electron chi connectivity index (χ2n) is 10.9. The number of hydrogen-bond acceptors (Lipinski definition) is 4. The first kappa shape index (κ1) is 27.0. The van der Waals surface area contributed by atoms with Crippen molar-refractivity contribution in [2.45, 2.75) is 83.0 Å². The molecule has 2 aliphatic heterocycles. The minimum Gasteiger partial charge on any atom is -0.480 e. The van der Waals surface area contributed by atoms with Gasteiger partial charge in [0, 0.05) is 36.9 Å². The average molecular weight is 527 g/mol. The van der Waals surface area contributed by atoms with Crippen LogP contribution < -0.4 is 0 Å². The summed E-state index contributed by atoms with van der Waals surface area (Å²) in [6, 6.07) is 19.4. The first-order valence-electron chi connectivity index (χ1n) is 14.3. The summed E-state index contributed by atoms with van der Waals surface area (Å²) in [6.07, 6.45) is 5.57. The summed E-state index contributed by atoms with van der Waals surface area (Å²) in [7, 11) is 0. The molecule has 2 aromatic carbocycles. The number of amides is 1. The van der Waals surface area contributed by atoms with E-state index in [-0.39, 0.29) is 11.9 Å². The predicted molar refractivity (Wildman–Crippen MR) is 151 cm³/mol. The van der Waals surface area contributed by atoms with Crippen molar-refractivity contribution in [3.63, 3.8) is 0 Å². The number of carboxylic acids is 1. The van der Waals surface area contributed by atoms with Crippen LogP contribution in [0.25, 0.3) is 10.9 Å². The molecule has 3 aromatic rings. The molecular weight excluding hydrogens is 488 g/mol. The number of hydrogen-bond donors (Lipinski definition) is 1. The van der Waals surface area contributed by atoms with Crippen LogP contribution in [-0.4, -0.2) is 56.5 Å². The van der Waals surface area contributed by atoms with E-state index >= 15 is 0 Å². The van der Waals surface area contributed by atoms with Gasteiger partial charge in [0.05, 0.1) is 17.7 Å². The summed E-state index contributed by atoms with van der Waals surface area (Å²) < 4.78 is 2.28. The minimum absolute atomic E-state index is 0.0831. The highest BCUT2D eigenvalue weighted by molar-refractivity contribution is 5.86. The number of carbonyl (C=O) groups excluding carboxylic acids is 1. The van der Waals surface area contributed by atoms with Crippen molar-refractivity contribution in [1.29, 1.82) is 5.26 Å². The molecule has 1 N–H and O–H groups in total. The third-order valence-electron chi connectivity index (χ3n) is 8.97. The molecule has 39 heavy (non-hydrogen) atoms. The fourth-order valence-electron chi connectivity index (χ4n) is 7.06. The summed E-state index contributed by atoms with van der Waals surface area (Å²) in [6.45, 7) is 6.19. The third-order valence-corrected chi connectivity index (χ3v) is 8.97. The van der Waals surface area contributed by atoms with E-state index < -0.39 is 17.6 Å². The molecule has 2 aliphatic rings. The van der Waals surface area contributed by atoms with E-state index in [2.05, 4.69) is 23.6 Å². The number of nitrogens with zero attached hydrogens (tertiary/aromatic N) is 4. The summed E-state index contributed by atoms with van der Waals surface area (Å²) in [5, 5.41) is 21.0. The minimum atomic E-state index is -1.21. The fraction of sp³-hybridized carbons (Fsp3) is 0.469. The van der Waals surface area contributed by atoms with Gasteiger partial charge >= 0.3 is 5.97 Å². The Morgan fingerprint density at radius 2 is 1.82 bits per heavy atom. The van der Waals surface area contributed by atoms with Crippen molar-refractivity contribution in [3.05, 3.63) is 71.4 Å². The Bertz CT molecular complexity index is 1390. The smallest absolute Gasteiger partial charge is 0.328 e. The third kappa shape index (κ3) is 4.72. The molecule has 3 atom stereocenters. The zero-order valence-corrected chi connectivity index (χ0v) is 23.0. The van der Waals surface area contributed by atoms with Crippen molar-refractivity contribution >= 4 is 22.8 Å². The summed E-state index contributed by atoms with van der Waals surface area (Å²) in [5.74, 6) is -0.805. The average Bonchev–Trinajstić information content (AvgIpc) is 3.71. The summed E-state index contributed by atoms with van der Waals surface area (Å²) in [4.78, 5) is 30.9. The van der Waals surface area contributed by atoms with Gasteiger partial charge in [-0.05, 0) is 81.0 Å². The number of aromatic nitrogens is 1. The summed E-state index contributed by atoms with van der Waals surface area (Å²) in [5.41, 5.74) is 2.50. The van der Waals surface area contributed by atoms with Crippen LogP contribution in [0.2, 0.25) is 0 Å². The molecule has 0 radical (unpaired) electrons. The van der Waals surface area contributed by atoms with Gasteiger partial charge in [-0.3, -0.25) is 9.69 Å². The highest BCUT2D eigenvalue weighted by Crippen LogP contribution is 2.40. The SMILES string of the molecule is CCn1c(CC[C@@H]2CCCN2C(=O)[C@H]2CCCN2C(CC)(C(=O)O)c2ccccc2)cc2ccc(C#N)cc21. The topological polar surface area (TPSA) is 89.6 Å². The van der Waals surface area contributed by atoms with Gasteiger partial charge in [-0.15, -0.1) is 0 Å². The van der Waals surface area contributed by atoms with Crippen LogP contribution in [0.4, 0.5) is 0 Å². The largest absolute Gasteiger partial charge is 0.480 e. The lowest BCUT2D eigenvalue weighted by Crippen LogP contribution is -2.58. The van der Waals surface area contributed by atoms with Crippen LogP contribution >= 0.6 is 0 Å². The molecule has 7 heteroatoms. The maximum atomic E-state index is 14.1. The number of aliphatic carboxylic acids is 1. The Hall–Kier alpha value is -3.63. The molecule has 2 fully saturated rings. The zero-order valence-electron chi connectivity index (χ0n) is 23.0. The van der Waals surface area contributed by atoms with E-state index in [1.807, 2.05) is 65.3 Å². The second kappa shape index (κ2) is 11.2. The van der Waals surface area contributed by atoms with E-state index in [1.54, 1.807) is 0 Å². The van der Waals surface area contributed by atoms with Gasteiger partial charge in [-0.2, -0.15) is 5.26 Å². The quantitative estimate of drug-likeness (QED) is 0.408. The standard InChI is InChI=1S/C32H38N4O3/c1-3-32(31(38)39,25-10-6-5-7-11-25)36-19-9-13-28(36)30(37)35-18-8-12-26(35)16-17-27-21-24-15-14-23(22-33)20-29(24)34(27)4-2/h5-7,10-11,14-15,20-21,26,28H,3-4,8-9,12-13,16-19H2,1-2H3,(H,38,39)/t26-,28+,32?/m0/s1. The van der Waals surface area contributed by atoms with Gasteiger partial charge in [0.15, 0.2) is 0 Å². The fourth-order valence-corrected chi connectivity index (χ4v) is 7.06. The number of fused-ring (bicyclic) bond motifs is 1. The van der Waals surface area contributed by atoms with E-state index in [9.17, 15) is 20.0 Å². The Kier molecular flexibility index (Phi) is 7.76. The molecule has 0 bridgehead atoms. The molecule has 1 unspecified atom stereocenters. The maximum Gasteiger partial charge on any atom is 0.328 e. The number of carbonyl (C=O) groups is 2. The van der Waals surface area contributed by atoms with Crippen molar-refractivity contribution in [3.8, 4) is 6.07 Å². The maximum absolute atomic E-state index is 14.1. The highest BCUT2D eigenvalue weighted by atomic mass is 16.4. The number of carboxylic acid groups (broad SMARTS) is 1. The van der Waals surface area contributed by atoms with E-state index in [1.165, 1.54) is 5.69 Å². The lowest BCUT2D eigenvalue weighted by molar-refractivity contribution is -0.157. The monoisotopic (exact) mass is 526 g/mol. The van der Waals surface area contributed by atoms with Gasteiger partial charge in [0.25, 0.3) is 0 Å². The molecule has 0 aliphatic carbocycles. The predicted octanol–water partition coefficient (Wildman–Crippen LogP) is 5.31. The van der Waals surface area contributed by atoms with E-state index in [0.29, 0.717) is 24.9 Å². The number of rotatable bonds is 9. The van der Waals surface area contributed by atoms with Crippen LogP contribution in [0, 0.1) is 11.3 Å². The Morgan fingerprint density at radius 3 is 2.51 bits per heavy atom. The van der Waals surface area contributed by atoms with Crippen LogP contribution in [0.1, 0.15) is 69.2 Å². The highest BCUT2D eigenvalue weighted by Gasteiger charge is 2.51. The number of aryl methyl sites for hydroxylation is 2. The molecule has 0 saturated carbocycles. The second-order valence-corrected chi connectivity index (χ2v) is 10.9. The molecule has 1 aromatic heterocycles. The van der Waals surface area contributed by atoms with E-state index in [0.717, 1.165) is 61.7 Å². The molecule has 7 nitrogen and oxygen atoms in total. The van der Waals surface area contributed by atoms with Crippen molar-refractivity contribution < 1.29 is 14.7 Å². The van der Waals surface area contributed by atoms with Crippen LogP contribution in [0.15, 0.2) is 54.6 Å². The van der Waals surface area contributed by atoms with E-state index in [4.69, 9.17) is 0 Å². The number of likely N-dealkylation sites (tertiary alicyclic amines) is 2. The van der Waals surface area contributed by atoms with Crippen LogP contribution in [0.3, 0.4) is 0 Å². The van der Waals surface area contributed by atoms with Gasteiger partial charge in [-0.25, -0.2) is 4.79 Å². The van der Waals surface area contributed by atoms with Crippen molar-refractivity contribution in [1.82, 2.24) is 14.4 Å². The Morgan fingerprint density at radius 1 is 1.05 bits per heavy atom. The lowest BCUT2D eigenvalue weighted by atomic mass is 9.84. The normalized spacial score (nSPS) is 21.2. The van der Waals surface area contributed by atoms with Crippen molar-refractivity contribution in [2.75, 3.05) is 13.1 Å². The molecule has 0 spiro atoms. The zero-order chi connectivity index (χ0) is 27.6. The van der Waals surface area contributed by atoms with Crippen LogP contribution in [-0.2, 0) is 28.1 Å². The molecule has 3 heterocycles. The molecule has 2 saturated heterocycles. The summed E-state index contributed by atoms with van der Waals surface area (Å²) >= 11 is 0. The van der Waals surface area contributed by atoms with Gasteiger partial charge in [0.1, 0.15) is 5.54 Å². The first-order valence-corrected chi connectivity index (χ1v) is 14.3. The van der Waals surface area contributed by atoms with Gasteiger partial charge < -0.3 is 14.6 Å². The Balaban J connectivity index is 1.36. The van der Waals surface area contributed by atoms with Gasteiger partial charge in [0.2, 0.25) is 5.91 Å². The van der Waals surface area contributed by atoms with Crippen molar-refractivity contribution in [2.24, 2.45) is 0 Å². The van der Waals surface area contributed by atoms with Crippen LogP contribution in [0.5, 0.6) is 0 Å².